The van der Waals surface area contributed by atoms with E-state index in [1.54, 1.807) is 6.20 Å². The van der Waals surface area contributed by atoms with Gasteiger partial charge < -0.3 is 26.8 Å². The minimum absolute atomic E-state index is 0.132. The molecule has 1 aliphatic rings. The molecule has 2 atom stereocenters. The lowest BCUT2D eigenvalue weighted by Gasteiger charge is -2.26. The second-order valence-corrected chi connectivity index (χ2v) is 6.51. The van der Waals surface area contributed by atoms with Crippen LogP contribution in [0, 0.1) is 0 Å². The lowest BCUT2D eigenvalue weighted by molar-refractivity contribution is 0.186. The van der Waals surface area contributed by atoms with Gasteiger partial charge in [-0.2, -0.15) is 4.98 Å². The van der Waals surface area contributed by atoms with Crippen LogP contribution in [0.4, 0.5) is 11.8 Å². The molecule has 0 bridgehead atoms. The van der Waals surface area contributed by atoms with Crippen LogP contribution < -0.4 is 21.7 Å². The van der Waals surface area contributed by atoms with Crippen molar-refractivity contribution >= 4 is 11.8 Å². The Morgan fingerprint density at radius 2 is 2.24 bits per heavy atom. The maximum absolute atomic E-state index is 9.68. The van der Waals surface area contributed by atoms with Gasteiger partial charge in [0.05, 0.1) is 5.56 Å². The molecular weight excluding hydrogens is 268 g/mol. The summed E-state index contributed by atoms with van der Waals surface area (Å²) in [5, 5.41) is 19.6. The molecule has 0 saturated carbocycles. The second kappa shape index (κ2) is 6.55. The lowest BCUT2D eigenvalue weighted by Crippen LogP contribution is -2.39. The Morgan fingerprint density at radius 3 is 2.81 bits per heavy atom. The van der Waals surface area contributed by atoms with Crippen molar-refractivity contribution in [2.45, 2.75) is 51.4 Å². The van der Waals surface area contributed by atoms with E-state index < -0.39 is 6.23 Å². The minimum Gasteiger partial charge on any atom is -0.374 e. The van der Waals surface area contributed by atoms with E-state index in [2.05, 4.69) is 25.9 Å². The number of aliphatic hydroxyl groups is 1. The first-order valence-electron chi connectivity index (χ1n) is 7.41. The third-order valence-corrected chi connectivity index (χ3v) is 3.26. The molecule has 2 heterocycles. The van der Waals surface area contributed by atoms with Crippen molar-refractivity contribution in [2.75, 3.05) is 23.7 Å². The summed E-state index contributed by atoms with van der Waals surface area (Å²) in [5.41, 5.74) is 5.98. The van der Waals surface area contributed by atoms with Gasteiger partial charge in [-0.1, -0.05) is 0 Å². The van der Waals surface area contributed by atoms with Crippen molar-refractivity contribution in [1.82, 2.24) is 15.3 Å². The molecular formula is C14H26N6O. The van der Waals surface area contributed by atoms with Crippen molar-refractivity contribution in [3.63, 3.8) is 0 Å². The number of nitrogens with zero attached hydrogens (tertiary/aromatic N) is 2. The van der Waals surface area contributed by atoms with Crippen LogP contribution in [0.15, 0.2) is 6.20 Å². The molecule has 1 saturated heterocycles. The zero-order valence-corrected chi connectivity index (χ0v) is 13.0. The van der Waals surface area contributed by atoms with Gasteiger partial charge in [0.25, 0.3) is 0 Å². The maximum atomic E-state index is 9.68. The molecule has 1 aromatic heterocycles. The molecule has 0 aromatic carbocycles. The Balaban J connectivity index is 2.19. The van der Waals surface area contributed by atoms with Crippen LogP contribution in [0.1, 0.15) is 45.4 Å². The van der Waals surface area contributed by atoms with Gasteiger partial charge in [0, 0.05) is 24.3 Å². The number of piperidine rings is 1. The van der Waals surface area contributed by atoms with Gasteiger partial charge >= 0.3 is 0 Å². The van der Waals surface area contributed by atoms with Crippen LogP contribution in [0.3, 0.4) is 0 Å². The average molecular weight is 294 g/mol. The summed E-state index contributed by atoms with van der Waals surface area (Å²) >= 11 is 0. The molecule has 118 valence electrons. The zero-order chi connectivity index (χ0) is 15.5. The maximum Gasteiger partial charge on any atom is 0.225 e. The number of rotatable bonds is 4. The Hall–Kier alpha value is -1.44. The van der Waals surface area contributed by atoms with Crippen LogP contribution in [0.5, 0.6) is 0 Å². The fourth-order valence-electron chi connectivity index (χ4n) is 2.29. The molecule has 6 N–H and O–H groups in total. The van der Waals surface area contributed by atoms with Gasteiger partial charge in [-0.15, -0.1) is 0 Å². The highest BCUT2D eigenvalue weighted by molar-refractivity contribution is 5.49. The zero-order valence-electron chi connectivity index (χ0n) is 13.0. The lowest BCUT2D eigenvalue weighted by atomic mass is 10.1. The SMILES string of the molecule is CC(C)(C)Nc1ncc(C(N)O)c(NC2CCCNC2)n1. The summed E-state index contributed by atoms with van der Waals surface area (Å²) in [6.07, 6.45) is 2.67. The smallest absolute Gasteiger partial charge is 0.225 e. The Kier molecular flexibility index (Phi) is 4.97. The number of aliphatic hydroxyl groups excluding tert-OH is 1. The van der Waals surface area contributed by atoms with E-state index in [9.17, 15) is 5.11 Å². The van der Waals surface area contributed by atoms with Crippen LogP contribution in [-0.4, -0.2) is 39.7 Å². The van der Waals surface area contributed by atoms with Gasteiger partial charge in [0.1, 0.15) is 12.0 Å². The fraction of sp³-hybridized carbons (Fsp3) is 0.714. The van der Waals surface area contributed by atoms with Gasteiger partial charge in [0.15, 0.2) is 0 Å². The number of nitrogens with one attached hydrogen (secondary N) is 3. The van der Waals surface area contributed by atoms with Gasteiger partial charge in [-0.25, -0.2) is 4.98 Å². The van der Waals surface area contributed by atoms with Crippen molar-refractivity contribution < 1.29 is 5.11 Å². The van der Waals surface area contributed by atoms with Gasteiger partial charge in [-0.3, -0.25) is 0 Å². The molecule has 0 radical (unpaired) electrons. The van der Waals surface area contributed by atoms with E-state index in [-0.39, 0.29) is 11.6 Å². The average Bonchev–Trinajstić information content (AvgIpc) is 2.37. The number of hydrogen-bond acceptors (Lipinski definition) is 7. The third-order valence-electron chi connectivity index (χ3n) is 3.26. The molecule has 1 aromatic rings. The monoisotopic (exact) mass is 294 g/mol. The molecule has 0 aliphatic carbocycles. The van der Waals surface area contributed by atoms with Crippen LogP contribution in [0.2, 0.25) is 0 Å². The van der Waals surface area contributed by atoms with E-state index >= 15 is 0 Å². The molecule has 0 spiro atoms. The summed E-state index contributed by atoms with van der Waals surface area (Å²) in [7, 11) is 0. The molecule has 7 nitrogen and oxygen atoms in total. The third kappa shape index (κ3) is 4.80. The normalized spacial score (nSPS) is 20.9. The van der Waals surface area contributed by atoms with Gasteiger partial charge in [0.2, 0.25) is 5.95 Å². The summed E-state index contributed by atoms with van der Waals surface area (Å²) < 4.78 is 0. The summed E-state index contributed by atoms with van der Waals surface area (Å²) in [4.78, 5) is 8.69. The molecule has 21 heavy (non-hydrogen) atoms. The van der Waals surface area contributed by atoms with E-state index in [0.717, 1.165) is 25.9 Å². The van der Waals surface area contributed by atoms with E-state index in [1.807, 2.05) is 20.8 Å². The summed E-state index contributed by atoms with van der Waals surface area (Å²) in [5.74, 6) is 1.12. The van der Waals surface area contributed by atoms with Crippen LogP contribution in [0.25, 0.3) is 0 Å². The predicted octanol–water partition coefficient (Wildman–Crippen LogP) is 0.800. The number of aromatic nitrogens is 2. The highest BCUT2D eigenvalue weighted by Crippen LogP contribution is 2.22. The van der Waals surface area contributed by atoms with Gasteiger partial charge in [-0.05, 0) is 40.2 Å². The highest BCUT2D eigenvalue weighted by atomic mass is 16.3. The topological polar surface area (TPSA) is 108 Å². The Morgan fingerprint density at radius 1 is 1.48 bits per heavy atom. The largest absolute Gasteiger partial charge is 0.374 e. The number of nitrogens with two attached hydrogens (primary N) is 1. The van der Waals surface area contributed by atoms with Crippen LogP contribution in [-0.2, 0) is 0 Å². The van der Waals surface area contributed by atoms with E-state index in [4.69, 9.17) is 5.73 Å². The quantitative estimate of drug-likeness (QED) is 0.523. The Labute approximate surface area is 125 Å². The molecule has 7 heteroatoms. The molecule has 2 unspecified atom stereocenters. The summed E-state index contributed by atoms with van der Waals surface area (Å²) in [6, 6.07) is 0.286. The van der Waals surface area contributed by atoms with E-state index in [1.165, 1.54) is 0 Å². The van der Waals surface area contributed by atoms with Crippen LogP contribution >= 0.6 is 0 Å². The van der Waals surface area contributed by atoms with Crippen molar-refractivity contribution in [1.29, 1.82) is 0 Å². The standard InChI is InChI=1S/C14H26N6O/c1-14(2,3)20-13-17-8-10(11(15)21)12(19-13)18-9-5-4-6-16-7-9/h8-9,11,16,21H,4-7,15H2,1-3H3,(H2,17,18,19,20). The van der Waals surface area contributed by atoms with Crippen molar-refractivity contribution in [2.24, 2.45) is 5.73 Å². The Bertz CT molecular complexity index is 465. The highest BCUT2D eigenvalue weighted by Gasteiger charge is 2.19. The van der Waals surface area contributed by atoms with E-state index in [0.29, 0.717) is 17.3 Å². The first-order chi connectivity index (χ1) is 9.85. The van der Waals surface area contributed by atoms with Crippen molar-refractivity contribution in [3.8, 4) is 0 Å². The van der Waals surface area contributed by atoms with Crippen molar-refractivity contribution in [3.05, 3.63) is 11.8 Å². The number of anilines is 2. The first-order valence-corrected chi connectivity index (χ1v) is 7.41. The summed E-state index contributed by atoms with van der Waals surface area (Å²) in [6.45, 7) is 8.05. The first kappa shape index (κ1) is 15.9. The fourth-order valence-corrected chi connectivity index (χ4v) is 2.29. The minimum atomic E-state index is -1.09. The molecule has 1 aliphatic heterocycles. The molecule has 0 amide bonds. The molecule has 1 fully saturated rings. The number of hydrogen-bond donors (Lipinski definition) is 5. The molecule has 2 rings (SSSR count). The predicted molar refractivity (Wildman–Crippen MR) is 84.1 cm³/mol. The second-order valence-electron chi connectivity index (χ2n) is 6.51.